The molecule has 29 heavy (non-hydrogen) atoms. The minimum Gasteiger partial charge on any atom is -0.496 e. The van der Waals surface area contributed by atoms with Crippen LogP contribution in [0, 0.1) is 11.3 Å². The molecular formula is C22H25N3O4. The topological polar surface area (TPSA) is 75.0 Å². The highest BCUT2D eigenvalue weighted by Gasteiger charge is 2.29. The molecule has 3 rings (SSSR count). The van der Waals surface area contributed by atoms with Crippen molar-refractivity contribution >= 4 is 5.91 Å². The Labute approximate surface area is 171 Å². The van der Waals surface area contributed by atoms with E-state index in [9.17, 15) is 10.1 Å². The van der Waals surface area contributed by atoms with Gasteiger partial charge in [0, 0.05) is 38.3 Å². The lowest BCUT2D eigenvalue weighted by Gasteiger charge is -2.37. The Morgan fingerprint density at radius 1 is 0.931 bits per heavy atom. The Hall–Kier alpha value is -3.24. The number of rotatable bonds is 6. The third-order valence-electron chi connectivity index (χ3n) is 5.14. The number of amides is 1. The van der Waals surface area contributed by atoms with Crippen molar-refractivity contribution in [3.63, 3.8) is 0 Å². The van der Waals surface area contributed by atoms with Gasteiger partial charge in [-0.1, -0.05) is 30.3 Å². The van der Waals surface area contributed by atoms with Gasteiger partial charge in [-0.2, -0.15) is 5.26 Å². The van der Waals surface area contributed by atoms with Crippen molar-refractivity contribution < 1.29 is 19.0 Å². The van der Waals surface area contributed by atoms with Crippen LogP contribution in [-0.4, -0.2) is 63.2 Å². The van der Waals surface area contributed by atoms with Crippen molar-refractivity contribution in [3.05, 3.63) is 53.6 Å². The van der Waals surface area contributed by atoms with Crippen molar-refractivity contribution in [1.29, 1.82) is 5.26 Å². The van der Waals surface area contributed by atoms with E-state index in [2.05, 4.69) is 11.0 Å². The third-order valence-corrected chi connectivity index (χ3v) is 5.14. The van der Waals surface area contributed by atoms with Gasteiger partial charge in [-0.25, -0.2) is 0 Å². The predicted molar refractivity (Wildman–Crippen MR) is 108 cm³/mol. The number of piperazine rings is 1. The Kier molecular flexibility index (Phi) is 6.57. The average molecular weight is 395 g/mol. The molecule has 7 nitrogen and oxygen atoms in total. The fourth-order valence-electron chi connectivity index (χ4n) is 3.55. The molecule has 2 aromatic rings. The van der Waals surface area contributed by atoms with E-state index in [0.717, 1.165) is 5.56 Å². The number of methoxy groups -OCH3 is 3. The van der Waals surface area contributed by atoms with Gasteiger partial charge in [-0.15, -0.1) is 0 Å². The zero-order chi connectivity index (χ0) is 20.8. The summed E-state index contributed by atoms with van der Waals surface area (Å²) in [7, 11) is 4.59. The number of carbonyl (C=O) groups excluding carboxylic acids is 1. The van der Waals surface area contributed by atoms with Crippen LogP contribution in [-0.2, 0) is 0 Å². The molecule has 1 aliphatic heterocycles. The molecule has 1 aliphatic rings. The fourth-order valence-corrected chi connectivity index (χ4v) is 3.55. The van der Waals surface area contributed by atoms with E-state index in [4.69, 9.17) is 14.2 Å². The molecule has 0 radical (unpaired) electrons. The standard InChI is InChI=1S/C22H25N3O4/c1-27-19-14-21(29-3)20(28-2)13-17(19)22(26)25-11-9-24(10-12-25)18(15-23)16-7-5-4-6-8-16/h4-8,13-14,18H,9-12H2,1-3H3. The number of hydrogen-bond donors (Lipinski definition) is 0. The molecule has 1 amide bonds. The van der Waals surface area contributed by atoms with Crippen molar-refractivity contribution in [2.75, 3.05) is 47.5 Å². The summed E-state index contributed by atoms with van der Waals surface area (Å²) in [6.45, 7) is 2.30. The summed E-state index contributed by atoms with van der Waals surface area (Å²) in [6.07, 6.45) is 0. The number of hydrogen-bond acceptors (Lipinski definition) is 6. The van der Waals surface area contributed by atoms with Gasteiger partial charge in [0.15, 0.2) is 11.5 Å². The lowest BCUT2D eigenvalue weighted by molar-refractivity contribution is 0.0603. The normalized spacial score (nSPS) is 15.3. The molecule has 2 aromatic carbocycles. The Morgan fingerprint density at radius 2 is 1.52 bits per heavy atom. The molecule has 0 saturated carbocycles. The lowest BCUT2D eigenvalue weighted by atomic mass is 10.1. The number of carbonyl (C=O) groups is 1. The van der Waals surface area contributed by atoms with E-state index >= 15 is 0 Å². The first-order chi connectivity index (χ1) is 14.1. The highest BCUT2D eigenvalue weighted by atomic mass is 16.5. The summed E-state index contributed by atoms with van der Waals surface area (Å²) in [5, 5.41) is 9.65. The zero-order valence-electron chi connectivity index (χ0n) is 16.9. The van der Waals surface area contributed by atoms with Gasteiger partial charge in [-0.3, -0.25) is 9.69 Å². The maximum atomic E-state index is 13.1. The van der Waals surface area contributed by atoms with Crippen LogP contribution in [0.5, 0.6) is 17.2 Å². The van der Waals surface area contributed by atoms with Crippen molar-refractivity contribution in [2.45, 2.75) is 6.04 Å². The molecule has 0 aliphatic carbocycles. The second-order valence-corrected chi connectivity index (χ2v) is 6.68. The average Bonchev–Trinajstić information content (AvgIpc) is 2.79. The summed E-state index contributed by atoms with van der Waals surface area (Å²) < 4.78 is 16.0. The summed E-state index contributed by atoms with van der Waals surface area (Å²) in [5.41, 5.74) is 1.40. The Morgan fingerprint density at radius 3 is 2.07 bits per heavy atom. The smallest absolute Gasteiger partial charge is 0.257 e. The molecule has 1 saturated heterocycles. The molecule has 1 fully saturated rings. The Bertz CT molecular complexity index is 887. The summed E-state index contributed by atoms with van der Waals surface area (Å²) in [4.78, 5) is 17.0. The fraction of sp³-hybridized carbons (Fsp3) is 0.364. The molecule has 0 N–H and O–H groups in total. The molecule has 152 valence electrons. The van der Waals surface area contributed by atoms with Gasteiger partial charge in [0.05, 0.1) is 33.0 Å². The Balaban J connectivity index is 1.74. The molecule has 1 heterocycles. The first-order valence-electron chi connectivity index (χ1n) is 9.40. The zero-order valence-corrected chi connectivity index (χ0v) is 16.9. The van der Waals surface area contributed by atoms with Crippen molar-refractivity contribution in [1.82, 2.24) is 9.80 Å². The number of nitriles is 1. The van der Waals surface area contributed by atoms with Crippen LogP contribution in [0.15, 0.2) is 42.5 Å². The molecule has 7 heteroatoms. The number of ether oxygens (including phenoxy) is 3. The van der Waals surface area contributed by atoms with E-state index in [0.29, 0.717) is 49.0 Å². The molecular weight excluding hydrogens is 370 g/mol. The summed E-state index contributed by atoms with van der Waals surface area (Å²) in [5.74, 6) is 1.29. The maximum absolute atomic E-state index is 13.1. The van der Waals surface area contributed by atoms with Crippen LogP contribution in [0.2, 0.25) is 0 Å². The minimum absolute atomic E-state index is 0.129. The molecule has 1 atom stereocenters. The largest absolute Gasteiger partial charge is 0.496 e. The SMILES string of the molecule is COc1cc(OC)c(C(=O)N2CCN(C(C#N)c3ccccc3)CC2)cc1OC. The van der Waals surface area contributed by atoms with Crippen LogP contribution in [0.1, 0.15) is 22.0 Å². The van der Waals surface area contributed by atoms with E-state index in [1.54, 1.807) is 17.0 Å². The van der Waals surface area contributed by atoms with E-state index in [1.165, 1.54) is 21.3 Å². The van der Waals surface area contributed by atoms with Crippen LogP contribution in [0.3, 0.4) is 0 Å². The van der Waals surface area contributed by atoms with Gasteiger partial charge >= 0.3 is 0 Å². The van der Waals surface area contributed by atoms with Crippen LogP contribution in [0.25, 0.3) is 0 Å². The summed E-state index contributed by atoms with van der Waals surface area (Å²) in [6, 6.07) is 15.1. The van der Waals surface area contributed by atoms with Crippen LogP contribution >= 0.6 is 0 Å². The van der Waals surface area contributed by atoms with Gasteiger partial charge in [0.1, 0.15) is 11.8 Å². The molecule has 1 unspecified atom stereocenters. The van der Waals surface area contributed by atoms with E-state index < -0.39 is 0 Å². The van der Waals surface area contributed by atoms with E-state index in [1.807, 2.05) is 30.3 Å². The van der Waals surface area contributed by atoms with E-state index in [-0.39, 0.29) is 11.9 Å². The van der Waals surface area contributed by atoms with Gasteiger partial charge in [0.25, 0.3) is 5.91 Å². The number of nitrogens with zero attached hydrogens (tertiary/aromatic N) is 3. The lowest BCUT2D eigenvalue weighted by Crippen LogP contribution is -2.49. The highest BCUT2D eigenvalue weighted by Crippen LogP contribution is 2.35. The first-order valence-corrected chi connectivity index (χ1v) is 9.40. The monoisotopic (exact) mass is 395 g/mol. The summed E-state index contributed by atoms with van der Waals surface area (Å²) >= 11 is 0. The minimum atomic E-state index is -0.316. The van der Waals surface area contributed by atoms with Crippen molar-refractivity contribution in [2.24, 2.45) is 0 Å². The van der Waals surface area contributed by atoms with Gasteiger partial charge in [-0.05, 0) is 5.56 Å². The number of benzene rings is 2. The first kappa shape index (κ1) is 20.5. The molecule has 0 bridgehead atoms. The third kappa shape index (κ3) is 4.28. The highest BCUT2D eigenvalue weighted by molar-refractivity contribution is 5.98. The van der Waals surface area contributed by atoms with Gasteiger partial charge in [0.2, 0.25) is 0 Å². The van der Waals surface area contributed by atoms with Crippen LogP contribution in [0.4, 0.5) is 0 Å². The molecule has 0 aromatic heterocycles. The van der Waals surface area contributed by atoms with Crippen molar-refractivity contribution in [3.8, 4) is 23.3 Å². The second-order valence-electron chi connectivity index (χ2n) is 6.68. The van der Waals surface area contributed by atoms with Crippen LogP contribution < -0.4 is 14.2 Å². The van der Waals surface area contributed by atoms with Gasteiger partial charge < -0.3 is 19.1 Å². The second kappa shape index (κ2) is 9.30. The quantitative estimate of drug-likeness (QED) is 0.749. The maximum Gasteiger partial charge on any atom is 0.257 e. The predicted octanol–water partition coefficient (Wildman–Crippen LogP) is 2.74. The molecule has 0 spiro atoms.